The Morgan fingerprint density at radius 2 is 2.31 bits per heavy atom. The van der Waals surface area contributed by atoms with Crippen molar-refractivity contribution in [2.45, 2.75) is 12.5 Å². The summed E-state index contributed by atoms with van der Waals surface area (Å²) < 4.78 is 0. The fourth-order valence-electron chi connectivity index (χ4n) is 1.54. The number of amides is 1. The van der Waals surface area contributed by atoms with Gasteiger partial charge in [-0.05, 0) is 18.6 Å². The maximum Gasteiger partial charge on any atom is 0.326 e. The van der Waals surface area contributed by atoms with Crippen LogP contribution in [0.1, 0.15) is 21.0 Å². The van der Waals surface area contributed by atoms with Gasteiger partial charge in [-0.1, -0.05) is 0 Å². The van der Waals surface area contributed by atoms with Gasteiger partial charge in [-0.15, -0.1) is 11.3 Å². The van der Waals surface area contributed by atoms with Crippen molar-refractivity contribution in [2.24, 2.45) is 0 Å². The quantitative estimate of drug-likeness (QED) is 0.827. The fourth-order valence-corrected chi connectivity index (χ4v) is 2.30. The molecule has 0 spiro atoms. The first-order chi connectivity index (χ1) is 7.63. The Kier molecular flexibility index (Phi) is 2.62. The van der Waals surface area contributed by atoms with Crippen LogP contribution in [0.15, 0.2) is 12.1 Å². The molecule has 6 heteroatoms. The summed E-state index contributed by atoms with van der Waals surface area (Å²) in [6.07, 6.45) is 0.498. The Balaban J connectivity index is 2.14. The summed E-state index contributed by atoms with van der Waals surface area (Å²) >= 11 is 1.09. The maximum absolute atomic E-state index is 11.8. The van der Waals surface area contributed by atoms with Crippen molar-refractivity contribution in [1.29, 1.82) is 5.26 Å². The lowest BCUT2D eigenvalue weighted by Gasteiger charge is -2.37. The third-order valence-electron chi connectivity index (χ3n) is 2.49. The molecule has 1 fully saturated rings. The van der Waals surface area contributed by atoms with Gasteiger partial charge in [0.1, 0.15) is 17.0 Å². The summed E-state index contributed by atoms with van der Waals surface area (Å²) in [4.78, 5) is 24.8. The molecule has 0 saturated carbocycles. The average molecular weight is 236 g/mol. The van der Waals surface area contributed by atoms with Crippen LogP contribution in [0, 0.1) is 11.3 Å². The minimum Gasteiger partial charge on any atom is -0.480 e. The number of hydrogen-bond acceptors (Lipinski definition) is 4. The van der Waals surface area contributed by atoms with Crippen molar-refractivity contribution >= 4 is 23.2 Å². The molecule has 1 aromatic rings. The molecule has 1 amide bonds. The van der Waals surface area contributed by atoms with Crippen molar-refractivity contribution in [2.75, 3.05) is 6.54 Å². The molecule has 1 aromatic heterocycles. The molecule has 1 atom stereocenters. The molecule has 0 radical (unpaired) electrons. The minimum atomic E-state index is -0.975. The highest BCUT2D eigenvalue weighted by Gasteiger charge is 2.38. The Morgan fingerprint density at radius 1 is 1.56 bits per heavy atom. The maximum atomic E-state index is 11.8. The summed E-state index contributed by atoms with van der Waals surface area (Å²) in [7, 11) is 0. The van der Waals surface area contributed by atoms with Gasteiger partial charge in [0.25, 0.3) is 5.91 Å². The molecule has 5 nitrogen and oxygen atoms in total. The largest absolute Gasteiger partial charge is 0.480 e. The molecule has 0 aliphatic carbocycles. The van der Waals surface area contributed by atoms with Gasteiger partial charge >= 0.3 is 5.97 Å². The average Bonchev–Trinajstić information content (AvgIpc) is 2.62. The second-order valence-corrected chi connectivity index (χ2v) is 4.50. The summed E-state index contributed by atoms with van der Waals surface area (Å²) in [5.74, 6) is -1.28. The van der Waals surface area contributed by atoms with E-state index in [1.807, 2.05) is 6.07 Å². The van der Waals surface area contributed by atoms with Crippen LogP contribution in [-0.4, -0.2) is 34.5 Å². The second-order valence-electron chi connectivity index (χ2n) is 3.42. The van der Waals surface area contributed by atoms with Gasteiger partial charge in [0, 0.05) is 6.54 Å². The molecule has 0 aromatic carbocycles. The zero-order valence-corrected chi connectivity index (χ0v) is 9.03. The van der Waals surface area contributed by atoms with E-state index in [1.165, 1.54) is 4.90 Å². The molecule has 2 heterocycles. The molecule has 82 valence electrons. The first-order valence-electron chi connectivity index (χ1n) is 4.67. The van der Waals surface area contributed by atoms with Crippen molar-refractivity contribution in [3.63, 3.8) is 0 Å². The van der Waals surface area contributed by atoms with Crippen molar-refractivity contribution in [3.05, 3.63) is 21.9 Å². The Labute approximate surface area is 95.5 Å². The molecule has 1 aliphatic rings. The van der Waals surface area contributed by atoms with E-state index in [9.17, 15) is 9.59 Å². The number of nitriles is 1. The number of aliphatic carboxylic acids is 1. The molecular weight excluding hydrogens is 228 g/mol. The van der Waals surface area contributed by atoms with E-state index < -0.39 is 12.0 Å². The smallest absolute Gasteiger partial charge is 0.326 e. The number of nitrogens with zero attached hydrogens (tertiary/aromatic N) is 2. The number of carboxylic acid groups (broad SMARTS) is 1. The third-order valence-corrected chi connectivity index (χ3v) is 3.47. The molecule has 2 rings (SSSR count). The number of rotatable bonds is 2. The van der Waals surface area contributed by atoms with E-state index >= 15 is 0 Å². The highest BCUT2D eigenvalue weighted by atomic mass is 32.1. The van der Waals surface area contributed by atoms with Gasteiger partial charge in [-0.25, -0.2) is 4.79 Å². The SMILES string of the molecule is N#Cc1ccc(C(=O)N2CC[C@H]2C(=O)O)s1. The van der Waals surface area contributed by atoms with Crippen LogP contribution in [0.2, 0.25) is 0 Å². The van der Waals surface area contributed by atoms with E-state index in [4.69, 9.17) is 10.4 Å². The standard InChI is InChI=1S/C10H8N2O3S/c11-5-6-1-2-8(16-6)9(13)12-4-3-7(12)10(14)15/h1-2,7H,3-4H2,(H,14,15)/t7-/m0/s1. The van der Waals surface area contributed by atoms with Gasteiger partial charge in [0.15, 0.2) is 0 Å². The number of carbonyl (C=O) groups excluding carboxylic acids is 1. The molecule has 1 saturated heterocycles. The molecule has 1 aliphatic heterocycles. The lowest BCUT2D eigenvalue weighted by molar-refractivity contribution is -0.146. The van der Waals surface area contributed by atoms with Gasteiger partial charge in [0.05, 0.1) is 4.88 Å². The lowest BCUT2D eigenvalue weighted by atomic mass is 10.0. The summed E-state index contributed by atoms with van der Waals surface area (Å²) in [5, 5.41) is 17.4. The predicted octanol–water partition coefficient (Wildman–Crippen LogP) is 0.919. The highest BCUT2D eigenvalue weighted by Crippen LogP contribution is 2.24. The second kappa shape index (κ2) is 3.94. The van der Waals surface area contributed by atoms with Crippen LogP contribution < -0.4 is 0 Å². The molecule has 1 N–H and O–H groups in total. The summed E-state index contributed by atoms with van der Waals surface area (Å²) in [5.41, 5.74) is 0. The van der Waals surface area contributed by atoms with E-state index in [-0.39, 0.29) is 5.91 Å². The van der Waals surface area contributed by atoms with E-state index in [0.29, 0.717) is 22.7 Å². The number of likely N-dealkylation sites (tertiary alicyclic amines) is 1. The Hall–Kier alpha value is -1.87. The topological polar surface area (TPSA) is 81.4 Å². The zero-order chi connectivity index (χ0) is 11.7. The summed E-state index contributed by atoms with van der Waals surface area (Å²) in [6.45, 7) is 0.468. The number of carbonyl (C=O) groups is 2. The van der Waals surface area contributed by atoms with Gasteiger partial charge < -0.3 is 10.0 Å². The normalized spacial score (nSPS) is 18.7. The third kappa shape index (κ3) is 1.66. The fraction of sp³-hybridized carbons (Fsp3) is 0.300. The summed E-state index contributed by atoms with van der Waals surface area (Å²) in [6, 6.07) is 4.36. The Morgan fingerprint density at radius 3 is 2.75 bits per heavy atom. The lowest BCUT2D eigenvalue weighted by Crippen LogP contribution is -2.54. The Bertz CT molecular complexity index is 488. The number of carboxylic acids is 1. The van der Waals surface area contributed by atoms with Crippen LogP contribution in [-0.2, 0) is 4.79 Å². The van der Waals surface area contributed by atoms with Crippen LogP contribution in [0.5, 0.6) is 0 Å². The minimum absolute atomic E-state index is 0.301. The van der Waals surface area contributed by atoms with Crippen molar-refractivity contribution in [3.8, 4) is 6.07 Å². The highest BCUT2D eigenvalue weighted by molar-refractivity contribution is 7.14. The zero-order valence-electron chi connectivity index (χ0n) is 8.21. The molecule has 0 unspecified atom stereocenters. The van der Waals surface area contributed by atoms with Crippen LogP contribution in [0.25, 0.3) is 0 Å². The van der Waals surface area contributed by atoms with Crippen LogP contribution in [0.3, 0.4) is 0 Å². The molecule has 16 heavy (non-hydrogen) atoms. The van der Waals surface area contributed by atoms with E-state index in [1.54, 1.807) is 12.1 Å². The van der Waals surface area contributed by atoms with Gasteiger partial charge in [0.2, 0.25) is 0 Å². The number of hydrogen-bond donors (Lipinski definition) is 1. The van der Waals surface area contributed by atoms with E-state index in [2.05, 4.69) is 0 Å². The van der Waals surface area contributed by atoms with Crippen LogP contribution >= 0.6 is 11.3 Å². The van der Waals surface area contributed by atoms with Crippen molar-refractivity contribution < 1.29 is 14.7 Å². The molecular formula is C10H8N2O3S. The van der Waals surface area contributed by atoms with E-state index in [0.717, 1.165) is 11.3 Å². The monoisotopic (exact) mass is 236 g/mol. The van der Waals surface area contributed by atoms with Crippen molar-refractivity contribution in [1.82, 2.24) is 4.90 Å². The molecule has 0 bridgehead atoms. The first-order valence-corrected chi connectivity index (χ1v) is 5.49. The van der Waals surface area contributed by atoms with Gasteiger partial charge in [-0.2, -0.15) is 5.26 Å². The first kappa shape index (κ1) is 10.6. The van der Waals surface area contributed by atoms with Gasteiger partial charge in [-0.3, -0.25) is 4.79 Å². The van der Waals surface area contributed by atoms with Crippen LogP contribution in [0.4, 0.5) is 0 Å². The number of thiophene rings is 1. The predicted molar refractivity (Wildman–Crippen MR) is 56.1 cm³/mol.